The first-order valence-electron chi connectivity index (χ1n) is 10.6. The second-order valence-electron chi connectivity index (χ2n) is 7.61. The molecule has 0 aliphatic rings. The van der Waals surface area contributed by atoms with E-state index in [4.69, 9.17) is 0 Å². The molecule has 0 atom stereocenters. The molecule has 0 fully saturated rings. The fourth-order valence-electron chi connectivity index (χ4n) is 3.67. The minimum Gasteiger partial charge on any atom is -0.242 e. The van der Waals surface area contributed by atoms with E-state index in [1.165, 1.54) is 12.1 Å². The van der Waals surface area contributed by atoms with Gasteiger partial charge >= 0.3 is 0 Å². The van der Waals surface area contributed by atoms with Crippen molar-refractivity contribution in [1.29, 1.82) is 0 Å². The minimum absolute atomic E-state index is 0.0480. The maximum atomic E-state index is 15.2. The van der Waals surface area contributed by atoms with Crippen molar-refractivity contribution in [1.82, 2.24) is 4.44 Å². The maximum absolute atomic E-state index is 15.2. The van der Waals surface area contributed by atoms with E-state index in [1.807, 2.05) is 48.5 Å². The summed E-state index contributed by atoms with van der Waals surface area (Å²) < 4.78 is 32.8. The Morgan fingerprint density at radius 3 is 1.28 bits per heavy atom. The molecule has 0 saturated heterocycles. The quantitative estimate of drug-likeness (QED) is 0.301. The van der Waals surface area contributed by atoms with Crippen molar-refractivity contribution in [2.24, 2.45) is 0 Å². The molecule has 0 radical (unpaired) electrons. The Hall–Kier alpha value is -2.44. The van der Waals surface area contributed by atoms with Crippen LogP contribution in [0.1, 0.15) is 13.8 Å². The highest BCUT2D eigenvalue weighted by Crippen LogP contribution is 2.56. The van der Waals surface area contributed by atoms with Crippen LogP contribution in [0, 0.1) is 11.6 Å². The molecular weight excluding hydrogens is 438 g/mol. The zero-order chi connectivity index (χ0) is 22.5. The topological polar surface area (TPSA) is 3.24 Å². The highest BCUT2D eigenvalue weighted by Gasteiger charge is 2.35. The van der Waals surface area contributed by atoms with Crippen LogP contribution in [-0.2, 0) is 0 Å². The van der Waals surface area contributed by atoms with Gasteiger partial charge in [0.25, 0.3) is 0 Å². The predicted octanol–water partition coefficient (Wildman–Crippen LogP) is 6.07. The second kappa shape index (κ2) is 10.5. The smallest absolute Gasteiger partial charge is 0.132 e. The molecule has 0 N–H and O–H groups in total. The molecule has 162 valence electrons. The second-order valence-corrected chi connectivity index (χ2v) is 12.0. The largest absolute Gasteiger partial charge is 0.242 e. The van der Waals surface area contributed by atoms with Gasteiger partial charge in [0.15, 0.2) is 0 Å². The number of hydrogen-bond donors (Lipinski definition) is 0. The molecule has 1 nitrogen and oxygen atoms in total. The fourth-order valence-corrected chi connectivity index (χ4v) is 9.90. The Morgan fingerprint density at radius 2 is 0.906 bits per heavy atom. The van der Waals surface area contributed by atoms with Gasteiger partial charge in [0.1, 0.15) is 11.6 Å². The van der Waals surface area contributed by atoms with Gasteiger partial charge in [0, 0.05) is 32.8 Å². The lowest BCUT2D eigenvalue weighted by atomic mass is 10.3. The summed E-state index contributed by atoms with van der Waals surface area (Å²) in [4.78, 5) is 0. The molecule has 0 aromatic heterocycles. The van der Waals surface area contributed by atoms with Gasteiger partial charge in [0.05, 0.1) is 0 Å². The Bertz CT molecular complexity index is 1070. The number of rotatable bonds is 7. The van der Waals surface area contributed by atoms with Crippen LogP contribution in [0.2, 0.25) is 0 Å². The molecule has 0 amide bonds. The zero-order valence-electron chi connectivity index (χ0n) is 18.1. The number of benzene rings is 4. The molecule has 0 heterocycles. The summed E-state index contributed by atoms with van der Waals surface area (Å²) in [5, 5.41) is 3.39. The highest BCUT2D eigenvalue weighted by atomic mass is 31.2. The lowest BCUT2D eigenvalue weighted by Gasteiger charge is -2.41. The van der Waals surface area contributed by atoms with Crippen molar-refractivity contribution in [3.8, 4) is 0 Å². The summed E-state index contributed by atoms with van der Waals surface area (Å²) in [5.74, 6) is -0.604. The molecule has 0 saturated carbocycles. The van der Waals surface area contributed by atoms with Crippen LogP contribution >= 0.6 is 16.1 Å². The van der Waals surface area contributed by atoms with E-state index in [2.05, 4.69) is 42.6 Å². The van der Waals surface area contributed by atoms with Gasteiger partial charge in [-0.05, 0) is 48.7 Å². The Labute approximate surface area is 191 Å². The van der Waals surface area contributed by atoms with Crippen LogP contribution in [0.3, 0.4) is 0 Å². The number of hydrogen-bond acceptors (Lipinski definition) is 1. The molecule has 0 aliphatic heterocycles. The zero-order valence-corrected chi connectivity index (χ0v) is 19.9. The third kappa shape index (κ3) is 4.81. The average Bonchev–Trinajstić information content (AvgIpc) is 2.82. The average molecular weight is 463 g/mol. The third-order valence-electron chi connectivity index (χ3n) is 5.03. The SMILES string of the molecule is CC(C)N(P(c1ccccc1)c1ccccc1)P(c1ccccc1F)c1ccccc1F. The predicted molar refractivity (Wildman–Crippen MR) is 135 cm³/mol. The summed E-state index contributed by atoms with van der Waals surface area (Å²) in [6.45, 7) is 4.22. The highest BCUT2D eigenvalue weighted by molar-refractivity contribution is 7.84. The van der Waals surface area contributed by atoms with Gasteiger partial charge in [-0.15, -0.1) is 0 Å². The van der Waals surface area contributed by atoms with Crippen molar-refractivity contribution < 1.29 is 8.78 Å². The van der Waals surface area contributed by atoms with Crippen LogP contribution in [0.15, 0.2) is 109 Å². The van der Waals surface area contributed by atoms with E-state index in [0.29, 0.717) is 10.6 Å². The molecule has 32 heavy (non-hydrogen) atoms. The lowest BCUT2D eigenvalue weighted by molar-refractivity contribution is 0.578. The van der Waals surface area contributed by atoms with Crippen LogP contribution < -0.4 is 21.2 Å². The van der Waals surface area contributed by atoms with E-state index in [-0.39, 0.29) is 17.7 Å². The van der Waals surface area contributed by atoms with Crippen molar-refractivity contribution in [3.05, 3.63) is 121 Å². The van der Waals surface area contributed by atoms with E-state index in [9.17, 15) is 0 Å². The molecule has 4 aromatic rings. The van der Waals surface area contributed by atoms with Crippen molar-refractivity contribution in [2.45, 2.75) is 19.9 Å². The Kier molecular flexibility index (Phi) is 7.43. The van der Waals surface area contributed by atoms with Crippen LogP contribution in [-0.4, -0.2) is 10.5 Å². The van der Waals surface area contributed by atoms with E-state index in [0.717, 1.165) is 10.6 Å². The summed E-state index contributed by atoms with van der Waals surface area (Å²) in [7, 11) is -2.51. The first-order valence-corrected chi connectivity index (χ1v) is 13.2. The van der Waals surface area contributed by atoms with Crippen LogP contribution in [0.4, 0.5) is 8.78 Å². The summed E-state index contributed by atoms with van der Waals surface area (Å²) in [6, 6.07) is 34.2. The van der Waals surface area contributed by atoms with Gasteiger partial charge in [-0.3, -0.25) is 0 Å². The van der Waals surface area contributed by atoms with Gasteiger partial charge in [0.2, 0.25) is 0 Å². The molecule has 4 rings (SSSR count). The standard InChI is InChI=1S/C27H25F2NP2/c1-21(2)30(31(22-13-5-3-6-14-22)23-15-7-4-8-16-23)32(26-19-11-9-17-24(26)28)27-20-12-10-18-25(27)29/h3-21H,1-2H3. The normalized spacial score (nSPS) is 11.6. The molecule has 0 bridgehead atoms. The van der Waals surface area contributed by atoms with Gasteiger partial charge in [-0.1, -0.05) is 84.9 Å². The van der Waals surface area contributed by atoms with Gasteiger partial charge < -0.3 is 0 Å². The summed E-state index contributed by atoms with van der Waals surface area (Å²) in [6.07, 6.45) is 0. The monoisotopic (exact) mass is 463 g/mol. The van der Waals surface area contributed by atoms with Crippen molar-refractivity contribution >= 4 is 37.4 Å². The molecular formula is C27H25F2NP2. The number of halogens is 2. The van der Waals surface area contributed by atoms with Crippen LogP contribution in [0.5, 0.6) is 0 Å². The van der Waals surface area contributed by atoms with Gasteiger partial charge in [-0.25, -0.2) is 13.2 Å². The molecule has 0 aliphatic carbocycles. The first kappa shape index (κ1) is 22.7. The van der Waals surface area contributed by atoms with Crippen LogP contribution in [0.25, 0.3) is 0 Å². The van der Waals surface area contributed by atoms with Crippen molar-refractivity contribution in [2.75, 3.05) is 0 Å². The van der Waals surface area contributed by atoms with E-state index < -0.39 is 16.1 Å². The lowest BCUT2D eigenvalue weighted by Crippen LogP contribution is -2.37. The molecule has 0 spiro atoms. The minimum atomic E-state index is -1.47. The number of nitrogens with zero attached hydrogens (tertiary/aromatic N) is 1. The Balaban J connectivity index is 1.99. The van der Waals surface area contributed by atoms with E-state index >= 15 is 8.78 Å². The van der Waals surface area contributed by atoms with E-state index in [1.54, 1.807) is 24.3 Å². The Morgan fingerprint density at radius 1 is 0.531 bits per heavy atom. The maximum Gasteiger partial charge on any atom is 0.132 e. The molecule has 4 aromatic carbocycles. The first-order chi connectivity index (χ1) is 15.6. The van der Waals surface area contributed by atoms with Crippen molar-refractivity contribution in [3.63, 3.8) is 0 Å². The third-order valence-corrected chi connectivity index (χ3v) is 11.1. The fraction of sp³-hybridized carbons (Fsp3) is 0.111. The summed E-state index contributed by atoms with van der Waals surface area (Å²) in [5.41, 5.74) is 0. The summed E-state index contributed by atoms with van der Waals surface area (Å²) >= 11 is 0. The molecule has 0 unspecified atom stereocenters. The molecule has 5 heteroatoms. The van der Waals surface area contributed by atoms with Gasteiger partial charge in [-0.2, -0.15) is 0 Å².